The SMILES string of the molecule is CCOC(=O)C1CCCCN1c1cc(NCCc2ccc(OC(F)(F)F)cc2)nc(OC)n1. The first-order valence-corrected chi connectivity index (χ1v) is 10.7. The van der Waals surface area contributed by atoms with E-state index in [-0.39, 0.29) is 17.7 Å². The summed E-state index contributed by atoms with van der Waals surface area (Å²) in [5, 5.41) is 3.18. The van der Waals surface area contributed by atoms with Crippen LogP contribution in [0.3, 0.4) is 0 Å². The number of piperidine rings is 1. The first-order valence-electron chi connectivity index (χ1n) is 10.7. The van der Waals surface area contributed by atoms with Crippen molar-refractivity contribution in [2.24, 2.45) is 0 Å². The summed E-state index contributed by atoms with van der Waals surface area (Å²) in [6.45, 7) is 3.22. The highest BCUT2D eigenvalue weighted by atomic mass is 19.4. The molecule has 8 nitrogen and oxygen atoms in total. The first kappa shape index (κ1) is 24.4. The largest absolute Gasteiger partial charge is 0.573 e. The van der Waals surface area contributed by atoms with Crippen LogP contribution in [0, 0.1) is 0 Å². The summed E-state index contributed by atoms with van der Waals surface area (Å²) < 4.78 is 51.2. The van der Waals surface area contributed by atoms with Gasteiger partial charge in [0.05, 0.1) is 13.7 Å². The molecule has 1 aromatic heterocycles. The normalized spacial score (nSPS) is 16.3. The van der Waals surface area contributed by atoms with E-state index in [0.29, 0.717) is 44.2 Å². The minimum Gasteiger partial charge on any atom is -0.467 e. The summed E-state index contributed by atoms with van der Waals surface area (Å²) in [6, 6.07) is 7.21. The van der Waals surface area contributed by atoms with Gasteiger partial charge in [-0.15, -0.1) is 13.2 Å². The maximum Gasteiger partial charge on any atom is 0.573 e. The number of hydrogen-bond acceptors (Lipinski definition) is 8. The molecular formula is C22H27F3N4O4. The van der Waals surface area contributed by atoms with E-state index in [1.165, 1.54) is 19.2 Å². The van der Waals surface area contributed by atoms with Crippen molar-refractivity contribution in [2.75, 3.05) is 37.0 Å². The Bertz CT molecular complexity index is 925. The third kappa shape index (κ3) is 7.13. The fourth-order valence-electron chi connectivity index (χ4n) is 3.62. The molecule has 0 aliphatic carbocycles. The molecule has 2 heterocycles. The molecule has 1 fully saturated rings. The molecule has 180 valence electrons. The molecule has 0 bridgehead atoms. The fourth-order valence-corrected chi connectivity index (χ4v) is 3.62. The molecule has 0 spiro atoms. The number of carbonyl (C=O) groups is 1. The van der Waals surface area contributed by atoms with Gasteiger partial charge in [-0.1, -0.05) is 12.1 Å². The van der Waals surface area contributed by atoms with Gasteiger partial charge in [-0.2, -0.15) is 9.97 Å². The van der Waals surface area contributed by atoms with Gasteiger partial charge in [0.1, 0.15) is 23.4 Å². The zero-order chi connectivity index (χ0) is 23.8. The molecule has 0 saturated carbocycles. The first-order chi connectivity index (χ1) is 15.8. The number of aromatic nitrogens is 2. The molecule has 1 aliphatic heterocycles. The van der Waals surface area contributed by atoms with Gasteiger partial charge in [0, 0.05) is 19.2 Å². The van der Waals surface area contributed by atoms with Crippen LogP contribution in [-0.4, -0.2) is 55.1 Å². The van der Waals surface area contributed by atoms with Crippen molar-refractivity contribution in [1.82, 2.24) is 9.97 Å². The number of esters is 1. The van der Waals surface area contributed by atoms with E-state index in [4.69, 9.17) is 9.47 Å². The van der Waals surface area contributed by atoms with Gasteiger partial charge in [0.15, 0.2) is 0 Å². The Morgan fingerprint density at radius 3 is 2.64 bits per heavy atom. The van der Waals surface area contributed by atoms with Gasteiger partial charge in [0.25, 0.3) is 0 Å². The maximum atomic E-state index is 12.4. The van der Waals surface area contributed by atoms with Crippen LogP contribution >= 0.6 is 0 Å². The molecule has 33 heavy (non-hydrogen) atoms. The van der Waals surface area contributed by atoms with Crippen LogP contribution in [0.1, 0.15) is 31.7 Å². The van der Waals surface area contributed by atoms with E-state index >= 15 is 0 Å². The number of methoxy groups -OCH3 is 1. The van der Waals surface area contributed by atoms with Crippen molar-refractivity contribution in [2.45, 2.75) is 45.0 Å². The molecule has 1 aliphatic rings. The molecule has 0 radical (unpaired) electrons. The van der Waals surface area contributed by atoms with Gasteiger partial charge >= 0.3 is 18.3 Å². The molecule has 2 aromatic rings. The molecule has 1 saturated heterocycles. The Labute approximate surface area is 190 Å². The lowest BCUT2D eigenvalue weighted by atomic mass is 10.0. The number of anilines is 2. The second-order valence-electron chi connectivity index (χ2n) is 7.42. The van der Waals surface area contributed by atoms with Crippen LogP contribution in [-0.2, 0) is 16.0 Å². The summed E-state index contributed by atoms with van der Waals surface area (Å²) in [5.74, 6) is 0.544. The standard InChI is InChI=1S/C22H27F3N4O4/c1-3-32-20(30)17-6-4-5-13-29(17)19-14-18(27-21(28-19)31-2)26-12-11-15-7-9-16(10-8-15)33-22(23,24)25/h7-10,14,17H,3-6,11-13H2,1-2H3,(H,26,27,28). The second kappa shape index (κ2) is 11.1. The fraction of sp³-hybridized carbons (Fsp3) is 0.500. The lowest BCUT2D eigenvalue weighted by Gasteiger charge is -2.35. The number of nitrogens with one attached hydrogen (secondary N) is 1. The van der Waals surface area contributed by atoms with Gasteiger partial charge in [0.2, 0.25) is 0 Å². The number of rotatable bonds is 9. The summed E-state index contributed by atoms with van der Waals surface area (Å²) in [6.07, 6.45) is -1.63. The Morgan fingerprint density at radius 1 is 1.21 bits per heavy atom. The maximum absolute atomic E-state index is 12.4. The predicted molar refractivity (Wildman–Crippen MR) is 116 cm³/mol. The molecule has 0 amide bonds. The van der Waals surface area contributed by atoms with Crippen molar-refractivity contribution in [3.8, 4) is 11.8 Å². The van der Waals surface area contributed by atoms with E-state index < -0.39 is 12.4 Å². The smallest absolute Gasteiger partial charge is 0.467 e. The number of ether oxygens (including phenoxy) is 3. The van der Waals surface area contributed by atoms with E-state index in [0.717, 1.165) is 18.4 Å². The average molecular weight is 468 g/mol. The van der Waals surface area contributed by atoms with Crippen LogP contribution in [0.5, 0.6) is 11.8 Å². The Kier molecular flexibility index (Phi) is 8.18. The van der Waals surface area contributed by atoms with Gasteiger partial charge in [-0.3, -0.25) is 0 Å². The van der Waals surface area contributed by atoms with Crippen molar-refractivity contribution >= 4 is 17.6 Å². The lowest BCUT2D eigenvalue weighted by Crippen LogP contribution is -2.46. The van der Waals surface area contributed by atoms with Gasteiger partial charge in [-0.25, -0.2) is 4.79 Å². The van der Waals surface area contributed by atoms with Crippen molar-refractivity contribution in [1.29, 1.82) is 0 Å². The molecular weight excluding hydrogens is 441 g/mol. The van der Waals surface area contributed by atoms with Crippen molar-refractivity contribution in [3.05, 3.63) is 35.9 Å². The molecule has 1 aromatic carbocycles. The Morgan fingerprint density at radius 2 is 1.97 bits per heavy atom. The van der Waals surface area contributed by atoms with E-state index in [9.17, 15) is 18.0 Å². The Balaban J connectivity index is 1.66. The molecule has 3 rings (SSSR count). The number of nitrogens with zero attached hydrogens (tertiary/aromatic N) is 3. The zero-order valence-corrected chi connectivity index (χ0v) is 18.5. The topological polar surface area (TPSA) is 85.8 Å². The lowest BCUT2D eigenvalue weighted by molar-refractivity contribution is -0.274. The van der Waals surface area contributed by atoms with E-state index in [1.54, 1.807) is 25.1 Å². The number of benzene rings is 1. The predicted octanol–water partition coefficient (Wildman–Crippen LogP) is 3.96. The number of hydrogen-bond donors (Lipinski definition) is 1. The van der Waals surface area contributed by atoms with Crippen LogP contribution < -0.4 is 19.7 Å². The van der Waals surface area contributed by atoms with Gasteiger partial charge < -0.3 is 24.4 Å². The minimum atomic E-state index is -4.71. The van der Waals surface area contributed by atoms with Crippen LogP contribution in [0.25, 0.3) is 0 Å². The summed E-state index contributed by atoms with van der Waals surface area (Å²) in [5.41, 5.74) is 0.830. The van der Waals surface area contributed by atoms with Crippen molar-refractivity contribution in [3.63, 3.8) is 0 Å². The second-order valence-corrected chi connectivity index (χ2v) is 7.42. The third-order valence-electron chi connectivity index (χ3n) is 5.11. The quantitative estimate of drug-likeness (QED) is 0.554. The highest BCUT2D eigenvalue weighted by molar-refractivity contribution is 5.80. The summed E-state index contributed by atoms with van der Waals surface area (Å²) in [7, 11) is 1.46. The third-order valence-corrected chi connectivity index (χ3v) is 5.11. The summed E-state index contributed by atoms with van der Waals surface area (Å²) >= 11 is 0. The number of carbonyl (C=O) groups excluding carboxylic acids is 1. The molecule has 1 unspecified atom stereocenters. The summed E-state index contributed by atoms with van der Waals surface area (Å²) in [4.78, 5) is 23.1. The van der Waals surface area contributed by atoms with E-state index in [1.807, 2.05) is 4.90 Å². The highest BCUT2D eigenvalue weighted by Gasteiger charge is 2.32. The highest BCUT2D eigenvalue weighted by Crippen LogP contribution is 2.27. The van der Waals surface area contributed by atoms with Gasteiger partial charge in [-0.05, 0) is 50.3 Å². The monoisotopic (exact) mass is 468 g/mol. The molecule has 1 atom stereocenters. The molecule has 11 heteroatoms. The van der Waals surface area contributed by atoms with Crippen LogP contribution in [0.4, 0.5) is 24.8 Å². The Hall–Kier alpha value is -3.24. The van der Waals surface area contributed by atoms with Crippen LogP contribution in [0.2, 0.25) is 0 Å². The van der Waals surface area contributed by atoms with E-state index in [2.05, 4.69) is 20.0 Å². The minimum absolute atomic E-state index is 0.164. The number of halogens is 3. The zero-order valence-electron chi connectivity index (χ0n) is 18.5. The van der Waals surface area contributed by atoms with Crippen molar-refractivity contribution < 1.29 is 32.2 Å². The molecule has 1 N–H and O–H groups in total. The average Bonchev–Trinajstić information content (AvgIpc) is 2.79. The number of alkyl halides is 3. The van der Waals surface area contributed by atoms with Crippen LogP contribution in [0.15, 0.2) is 30.3 Å².